The lowest BCUT2D eigenvalue weighted by Crippen LogP contribution is -2.40. The summed E-state index contributed by atoms with van der Waals surface area (Å²) in [5, 5.41) is 12.0. The molecule has 0 aromatic heterocycles. The normalized spacial score (nSPS) is 12.8. The van der Waals surface area contributed by atoms with Crippen LogP contribution in [0, 0.1) is 0 Å². The zero-order chi connectivity index (χ0) is 41.7. The molecular formula is C50H94N2O5. The van der Waals surface area contributed by atoms with E-state index in [1.165, 1.54) is 141 Å². The fourth-order valence-electron chi connectivity index (χ4n) is 7.55. The summed E-state index contributed by atoms with van der Waals surface area (Å²) in [6.45, 7) is 4.94. The van der Waals surface area contributed by atoms with E-state index in [0.717, 1.165) is 77.0 Å². The quantitative estimate of drug-likeness (QED) is 0.0320. The van der Waals surface area contributed by atoms with Crippen LogP contribution in [0.25, 0.3) is 0 Å². The first-order valence-electron chi connectivity index (χ1n) is 24.7. The highest BCUT2D eigenvalue weighted by molar-refractivity contribution is 5.83. The number of nitrogens with one attached hydrogen (secondary N) is 1. The summed E-state index contributed by atoms with van der Waals surface area (Å²) in [7, 11) is 0. The third-order valence-corrected chi connectivity index (χ3v) is 11.3. The lowest BCUT2D eigenvalue weighted by atomic mass is 10.0. The van der Waals surface area contributed by atoms with Crippen LogP contribution in [0.5, 0.6) is 0 Å². The van der Waals surface area contributed by atoms with Gasteiger partial charge in [0.15, 0.2) is 0 Å². The first kappa shape index (κ1) is 54.9. The highest BCUT2D eigenvalue weighted by Gasteiger charge is 2.19. The van der Waals surface area contributed by atoms with Gasteiger partial charge in [0.1, 0.15) is 12.1 Å². The topological polar surface area (TPSA) is 119 Å². The number of amides is 1. The SMILES string of the molecule is CCCCC/C=C\C/C=C\CCCC(CCCCCCCC(=O)NC(CCCN)C(=O)O)OC(=O)CCCCCCCCCCCCCCCCCCCCCC. The number of carboxylic acid groups (broad SMARTS) is 1. The summed E-state index contributed by atoms with van der Waals surface area (Å²) in [4.78, 5) is 36.5. The number of aliphatic carboxylic acids is 1. The van der Waals surface area contributed by atoms with E-state index < -0.39 is 12.0 Å². The largest absolute Gasteiger partial charge is 0.480 e. The third-order valence-electron chi connectivity index (χ3n) is 11.3. The van der Waals surface area contributed by atoms with Crippen LogP contribution >= 0.6 is 0 Å². The second kappa shape index (κ2) is 44.9. The summed E-state index contributed by atoms with van der Waals surface area (Å²) in [5.41, 5.74) is 5.49. The van der Waals surface area contributed by atoms with Gasteiger partial charge in [-0.3, -0.25) is 9.59 Å². The summed E-state index contributed by atoms with van der Waals surface area (Å²) >= 11 is 0. The van der Waals surface area contributed by atoms with E-state index in [4.69, 9.17) is 10.5 Å². The van der Waals surface area contributed by atoms with E-state index in [0.29, 0.717) is 32.2 Å². The smallest absolute Gasteiger partial charge is 0.326 e. The molecule has 0 aliphatic rings. The number of carbonyl (C=O) groups excluding carboxylic acids is 2. The molecule has 1 amide bonds. The molecule has 0 bridgehead atoms. The van der Waals surface area contributed by atoms with Crippen molar-refractivity contribution in [3.8, 4) is 0 Å². The van der Waals surface area contributed by atoms with Gasteiger partial charge in [-0.05, 0) is 83.6 Å². The van der Waals surface area contributed by atoms with Crippen LogP contribution in [0.15, 0.2) is 24.3 Å². The van der Waals surface area contributed by atoms with E-state index in [2.05, 4.69) is 43.5 Å². The maximum absolute atomic E-state index is 12.8. The van der Waals surface area contributed by atoms with Crippen LogP contribution in [0.2, 0.25) is 0 Å². The highest BCUT2D eigenvalue weighted by Crippen LogP contribution is 2.19. The van der Waals surface area contributed by atoms with E-state index in [1.54, 1.807) is 0 Å². The summed E-state index contributed by atoms with van der Waals surface area (Å²) in [6, 6.07) is -0.859. The first-order chi connectivity index (χ1) is 27.9. The molecule has 0 radical (unpaired) electrons. The maximum Gasteiger partial charge on any atom is 0.326 e. The van der Waals surface area contributed by atoms with Crippen molar-refractivity contribution in [2.45, 2.75) is 270 Å². The summed E-state index contributed by atoms with van der Waals surface area (Å²) < 4.78 is 6.04. The average molecular weight is 803 g/mol. The Morgan fingerprint density at radius 1 is 0.509 bits per heavy atom. The Kier molecular flexibility index (Phi) is 43.2. The minimum atomic E-state index is -1.01. The van der Waals surface area contributed by atoms with E-state index in [-0.39, 0.29) is 18.0 Å². The van der Waals surface area contributed by atoms with Crippen molar-refractivity contribution in [1.82, 2.24) is 5.32 Å². The van der Waals surface area contributed by atoms with Gasteiger partial charge < -0.3 is 20.9 Å². The van der Waals surface area contributed by atoms with Gasteiger partial charge in [-0.2, -0.15) is 0 Å². The van der Waals surface area contributed by atoms with Crippen LogP contribution < -0.4 is 11.1 Å². The van der Waals surface area contributed by atoms with Crippen molar-refractivity contribution in [2.24, 2.45) is 5.73 Å². The molecule has 0 heterocycles. The van der Waals surface area contributed by atoms with E-state index in [9.17, 15) is 19.5 Å². The Morgan fingerprint density at radius 3 is 1.42 bits per heavy atom. The Hall–Kier alpha value is -2.15. The molecule has 0 fully saturated rings. The molecule has 0 saturated carbocycles. The summed E-state index contributed by atoms with van der Waals surface area (Å²) in [6.07, 6.45) is 52.4. The fourth-order valence-corrected chi connectivity index (χ4v) is 7.55. The van der Waals surface area contributed by atoms with Crippen molar-refractivity contribution in [1.29, 1.82) is 0 Å². The standard InChI is InChI=1S/C50H94N2O5/c1-3-5-7-9-11-13-15-16-17-18-19-20-21-22-23-25-27-29-34-38-44-49(54)57-46(40-35-31-28-26-24-14-12-10-8-6-4-2)41-36-32-30-33-37-43-48(53)52-47(50(55)56)42-39-45-51/h12,14,26,28,46-47H,3-11,13,15-25,27,29-45,51H2,1-2H3,(H,52,53)(H,55,56)/b14-12-,28-26-. The molecule has 7 nitrogen and oxygen atoms in total. The third kappa shape index (κ3) is 41.8. The van der Waals surface area contributed by atoms with Gasteiger partial charge in [0.05, 0.1) is 0 Å². The first-order valence-corrected chi connectivity index (χ1v) is 24.7. The monoisotopic (exact) mass is 803 g/mol. The molecule has 0 aliphatic heterocycles. The molecule has 0 rings (SSSR count). The Balaban J connectivity index is 4.21. The molecule has 2 unspecified atom stereocenters. The zero-order valence-corrected chi connectivity index (χ0v) is 37.7. The Labute approximate surface area is 353 Å². The number of unbranched alkanes of at least 4 members (excludes halogenated alkanes) is 27. The predicted octanol–water partition coefficient (Wildman–Crippen LogP) is 14.4. The number of carboxylic acids is 1. The number of allylic oxidation sites excluding steroid dienone is 4. The minimum Gasteiger partial charge on any atom is -0.480 e. The Morgan fingerprint density at radius 2 is 0.930 bits per heavy atom. The molecule has 0 aromatic carbocycles. The van der Waals surface area contributed by atoms with Gasteiger partial charge in [-0.1, -0.05) is 192 Å². The van der Waals surface area contributed by atoms with Gasteiger partial charge in [0.2, 0.25) is 5.91 Å². The van der Waals surface area contributed by atoms with Crippen LogP contribution in [-0.4, -0.2) is 41.6 Å². The highest BCUT2D eigenvalue weighted by atomic mass is 16.5. The van der Waals surface area contributed by atoms with Crippen molar-refractivity contribution in [2.75, 3.05) is 6.54 Å². The number of esters is 1. The number of nitrogens with two attached hydrogens (primary N) is 1. The molecule has 4 N–H and O–H groups in total. The molecule has 7 heteroatoms. The van der Waals surface area contributed by atoms with Crippen LogP contribution in [0.4, 0.5) is 0 Å². The van der Waals surface area contributed by atoms with Crippen molar-refractivity contribution in [3.05, 3.63) is 24.3 Å². The maximum atomic E-state index is 12.8. The Bertz CT molecular complexity index is 951. The number of hydrogen-bond donors (Lipinski definition) is 3. The number of carbonyl (C=O) groups is 3. The van der Waals surface area contributed by atoms with Gasteiger partial charge >= 0.3 is 11.9 Å². The lowest BCUT2D eigenvalue weighted by molar-refractivity contribution is -0.150. The second-order valence-electron chi connectivity index (χ2n) is 16.9. The van der Waals surface area contributed by atoms with E-state index >= 15 is 0 Å². The van der Waals surface area contributed by atoms with Gasteiger partial charge in [-0.15, -0.1) is 0 Å². The second-order valence-corrected chi connectivity index (χ2v) is 16.9. The number of hydrogen-bond acceptors (Lipinski definition) is 5. The van der Waals surface area contributed by atoms with Crippen LogP contribution in [0.3, 0.4) is 0 Å². The molecule has 57 heavy (non-hydrogen) atoms. The van der Waals surface area contributed by atoms with Gasteiger partial charge in [0, 0.05) is 12.8 Å². The molecule has 0 aromatic rings. The zero-order valence-electron chi connectivity index (χ0n) is 37.7. The van der Waals surface area contributed by atoms with Crippen molar-refractivity contribution >= 4 is 17.8 Å². The molecule has 0 spiro atoms. The minimum absolute atomic E-state index is 0.0262. The van der Waals surface area contributed by atoms with Crippen LogP contribution in [-0.2, 0) is 19.1 Å². The predicted molar refractivity (Wildman–Crippen MR) is 244 cm³/mol. The molecule has 2 atom stereocenters. The van der Waals surface area contributed by atoms with Gasteiger partial charge in [-0.25, -0.2) is 4.79 Å². The van der Waals surface area contributed by atoms with E-state index in [1.807, 2.05) is 0 Å². The lowest BCUT2D eigenvalue weighted by Gasteiger charge is -2.18. The van der Waals surface area contributed by atoms with Crippen molar-refractivity contribution < 1.29 is 24.2 Å². The van der Waals surface area contributed by atoms with Crippen molar-refractivity contribution in [3.63, 3.8) is 0 Å². The molecule has 0 aliphatic carbocycles. The molecule has 334 valence electrons. The molecule has 0 saturated heterocycles. The number of rotatable bonds is 45. The van der Waals surface area contributed by atoms with Gasteiger partial charge in [0.25, 0.3) is 0 Å². The average Bonchev–Trinajstić information content (AvgIpc) is 3.20. The summed E-state index contributed by atoms with van der Waals surface area (Å²) in [5.74, 6) is -1.25. The van der Waals surface area contributed by atoms with Crippen LogP contribution in [0.1, 0.15) is 258 Å². The molecular weight excluding hydrogens is 709 g/mol. The fraction of sp³-hybridized carbons (Fsp3) is 0.860. The number of ether oxygens (including phenoxy) is 1.